The van der Waals surface area contributed by atoms with Gasteiger partial charge in [0.05, 0.1) is 11.1 Å². The molecule has 1 N–H and O–H groups in total. The summed E-state index contributed by atoms with van der Waals surface area (Å²) in [4.78, 5) is 13.3. The van der Waals surface area contributed by atoms with Gasteiger partial charge in [0.15, 0.2) is 29.1 Å². The van der Waals surface area contributed by atoms with Crippen molar-refractivity contribution in [2.24, 2.45) is 0 Å². The van der Waals surface area contributed by atoms with E-state index in [0.29, 0.717) is 12.4 Å². The maximum Gasteiger partial charge on any atom is 0.225 e. The fourth-order valence-corrected chi connectivity index (χ4v) is 1.48. The molecule has 0 atom stereocenters. The molecule has 0 aliphatic heterocycles. The van der Waals surface area contributed by atoms with Gasteiger partial charge in [-0.15, -0.1) is 0 Å². The predicted octanol–water partition coefficient (Wildman–Crippen LogP) is 2.88. The van der Waals surface area contributed by atoms with Gasteiger partial charge in [-0.25, -0.2) is 26.3 Å². The fourth-order valence-electron chi connectivity index (χ4n) is 1.48. The summed E-state index contributed by atoms with van der Waals surface area (Å²) in [6.45, 7) is 0. The number of hydrogen-bond donors (Lipinski definition) is 1. The summed E-state index contributed by atoms with van der Waals surface area (Å²) in [5.41, 5.74) is -3.95. The number of aromatic amines is 1. The van der Waals surface area contributed by atoms with Gasteiger partial charge in [0.1, 0.15) is 0 Å². The molecule has 1 heterocycles. The Morgan fingerprint density at radius 1 is 0.737 bits per heavy atom. The molecular weight excluding hydrogens is 276 g/mol. The summed E-state index contributed by atoms with van der Waals surface area (Å²) < 4.78 is 78.5. The van der Waals surface area contributed by atoms with Gasteiger partial charge in [0, 0.05) is 12.4 Å². The first-order valence-corrected chi connectivity index (χ1v) is 4.74. The highest BCUT2D eigenvalue weighted by atomic mass is 19.2. The van der Waals surface area contributed by atoms with Crippen LogP contribution in [0.2, 0.25) is 0 Å². The third kappa shape index (κ3) is 1.88. The van der Waals surface area contributed by atoms with Crippen molar-refractivity contribution in [1.82, 2.24) is 4.98 Å². The molecule has 0 radical (unpaired) electrons. The lowest BCUT2D eigenvalue weighted by atomic mass is 10.0. The maximum absolute atomic E-state index is 13.4. The Morgan fingerprint density at radius 3 is 1.74 bits per heavy atom. The van der Waals surface area contributed by atoms with Crippen LogP contribution in [0.1, 0.15) is 0 Å². The highest BCUT2D eigenvalue weighted by Gasteiger charge is 2.28. The zero-order valence-electron chi connectivity index (χ0n) is 8.83. The molecule has 0 fully saturated rings. The standard InChI is InChI=1S/C11H3F6NO/c12-4-2-18-1-3(11(4)19)5-6(13)8(15)10(17)9(16)7(5)14/h1-2H,(H,18,19). The molecule has 19 heavy (non-hydrogen) atoms. The Labute approximate surface area is 101 Å². The monoisotopic (exact) mass is 279 g/mol. The first kappa shape index (κ1) is 13.2. The second kappa shape index (κ2) is 4.45. The second-order valence-corrected chi connectivity index (χ2v) is 3.49. The molecule has 1 aromatic carbocycles. The van der Waals surface area contributed by atoms with E-state index in [1.54, 1.807) is 0 Å². The second-order valence-electron chi connectivity index (χ2n) is 3.49. The van der Waals surface area contributed by atoms with E-state index in [4.69, 9.17) is 0 Å². The van der Waals surface area contributed by atoms with Crippen LogP contribution in [0.3, 0.4) is 0 Å². The maximum atomic E-state index is 13.4. The van der Waals surface area contributed by atoms with E-state index in [9.17, 15) is 31.1 Å². The SMILES string of the molecule is O=c1c(F)c[nH]cc1-c1c(F)c(F)c(F)c(F)c1F. The van der Waals surface area contributed by atoms with Crippen LogP contribution >= 0.6 is 0 Å². The highest BCUT2D eigenvalue weighted by Crippen LogP contribution is 2.29. The summed E-state index contributed by atoms with van der Waals surface area (Å²) >= 11 is 0. The first-order valence-electron chi connectivity index (χ1n) is 4.74. The van der Waals surface area contributed by atoms with Crippen molar-refractivity contribution >= 4 is 0 Å². The third-order valence-electron chi connectivity index (χ3n) is 2.38. The molecule has 2 nitrogen and oxygen atoms in total. The van der Waals surface area contributed by atoms with Gasteiger partial charge in [0.2, 0.25) is 11.2 Å². The van der Waals surface area contributed by atoms with Crippen molar-refractivity contribution in [3.8, 4) is 11.1 Å². The molecule has 100 valence electrons. The topological polar surface area (TPSA) is 32.9 Å². The Bertz CT molecular complexity index is 695. The lowest BCUT2D eigenvalue weighted by molar-refractivity contribution is 0.381. The zero-order valence-corrected chi connectivity index (χ0v) is 8.83. The van der Waals surface area contributed by atoms with E-state index in [-0.39, 0.29) is 0 Å². The molecule has 0 unspecified atom stereocenters. The lowest BCUT2D eigenvalue weighted by Crippen LogP contribution is -2.14. The average molecular weight is 279 g/mol. The van der Waals surface area contributed by atoms with E-state index in [0.717, 1.165) is 0 Å². The van der Waals surface area contributed by atoms with Crippen molar-refractivity contribution in [3.05, 3.63) is 57.5 Å². The van der Waals surface area contributed by atoms with Gasteiger partial charge in [-0.3, -0.25) is 4.79 Å². The van der Waals surface area contributed by atoms with Gasteiger partial charge in [-0.05, 0) is 0 Å². The largest absolute Gasteiger partial charge is 0.364 e. The Balaban J connectivity index is 2.91. The van der Waals surface area contributed by atoms with Crippen LogP contribution < -0.4 is 5.43 Å². The molecule has 0 spiro atoms. The molecule has 0 aliphatic rings. The molecule has 0 saturated carbocycles. The number of nitrogens with one attached hydrogen (secondary N) is 1. The van der Waals surface area contributed by atoms with E-state index < -0.39 is 51.5 Å². The number of H-pyrrole nitrogens is 1. The first-order chi connectivity index (χ1) is 8.86. The minimum absolute atomic E-state index is 0.581. The summed E-state index contributed by atoms with van der Waals surface area (Å²) in [5, 5.41) is 0. The number of pyridine rings is 1. The Morgan fingerprint density at radius 2 is 1.21 bits per heavy atom. The molecule has 0 aliphatic carbocycles. The lowest BCUT2D eigenvalue weighted by Gasteiger charge is -2.07. The molecule has 8 heteroatoms. The van der Waals surface area contributed by atoms with E-state index in [2.05, 4.69) is 0 Å². The van der Waals surface area contributed by atoms with Crippen LogP contribution in [-0.4, -0.2) is 4.98 Å². The fraction of sp³-hybridized carbons (Fsp3) is 0. The molecule has 0 bridgehead atoms. The number of rotatable bonds is 1. The number of benzene rings is 1. The molecule has 2 rings (SSSR count). The third-order valence-corrected chi connectivity index (χ3v) is 2.38. The molecular formula is C11H3F6NO. The van der Waals surface area contributed by atoms with E-state index in [1.165, 1.54) is 0 Å². The summed E-state index contributed by atoms with van der Waals surface area (Å²) in [7, 11) is 0. The number of hydrogen-bond acceptors (Lipinski definition) is 1. The van der Waals surface area contributed by atoms with Gasteiger partial charge < -0.3 is 4.98 Å². The zero-order chi connectivity index (χ0) is 14.3. The summed E-state index contributed by atoms with van der Waals surface area (Å²) in [5.74, 6) is -12.6. The molecule has 0 saturated heterocycles. The van der Waals surface area contributed by atoms with Gasteiger partial charge in [-0.2, -0.15) is 0 Å². The van der Waals surface area contributed by atoms with Crippen LogP contribution in [0.4, 0.5) is 26.3 Å². The van der Waals surface area contributed by atoms with Gasteiger partial charge in [0.25, 0.3) is 0 Å². The minimum atomic E-state index is -2.36. The normalized spacial score (nSPS) is 10.8. The van der Waals surface area contributed by atoms with Crippen LogP contribution in [0.15, 0.2) is 17.2 Å². The molecule has 2 aromatic rings. The Kier molecular flexibility index (Phi) is 3.09. The number of halogens is 6. The van der Waals surface area contributed by atoms with E-state index >= 15 is 0 Å². The van der Waals surface area contributed by atoms with Crippen LogP contribution in [0.5, 0.6) is 0 Å². The number of aromatic nitrogens is 1. The van der Waals surface area contributed by atoms with Crippen molar-refractivity contribution in [2.45, 2.75) is 0 Å². The van der Waals surface area contributed by atoms with Crippen molar-refractivity contribution < 1.29 is 26.3 Å². The van der Waals surface area contributed by atoms with Crippen molar-refractivity contribution in [1.29, 1.82) is 0 Å². The van der Waals surface area contributed by atoms with Crippen LogP contribution in [0.25, 0.3) is 11.1 Å². The molecule has 1 aromatic heterocycles. The average Bonchev–Trinajstić information content (AvgIpc) is 2.39. The summed E-state index contributed by atoms with van der Waals surface area (Å²) in [6.07, 6.45) is 1.22. The van der Waals surface area contributed by atoms with Gasteiger partial charge in [-0.1, -0.05) is 0 Å². The van der Waals surface area contributed by atoms with Crippen LogP contribution in [-0.2, 0) is 0 Å². The quantitative estimate of drug-likeness (QED) is 0.486. The van der Waals surface area contributed by atoms with Crippen LogP contribution in [0, 0.1) is 34.9 Å². The minimum Gasteiger partial charge on any atom is -0.364 e. The smallest absolute Gasteiger partial charge is 0.225 e. The highest BCUT2D eigenvalue weighted by molar-refractivity contribution is 5.64. The van der Waals surface area contributed by atoms with E-state index in [1.807, 2.05) is 4.98 Å². The van der Waals surface area contributed by atoms with Gasteiger partial charge >= 0.3 is 0 Å². The summed E-state index contributed by atoms with van der Waals surface area (Å²) in [6, 6.07) is 0. The Hall–Kier alpha value is -2.25. The van der Waals surface area contributed by atoms with Crippen molar-refractivity contribution in [3.63, 3.8) is 0 Å². The predicted molar refractivity (Wildman–Crippen MR) is 52.2 cm³/mol. The van der Waals surface area contributed by atoms with Crippen molar-refractivity contribution in [2.75, 3.05) is 0 Å². The molecule has 0 amide bonds.